The van der Waals surface area contributed by atoms with E-state index in [-0.39, 0.29) is 5.75 Å². The second-order valence-electron chi connectivity index (χ2n) is 3.84. The highest BCUT2D eigenvalue weighted by atomic mass is 35.5. The first-order valence-electron chi connectivity index (χ1n) is 5.05. The Morgan fingerprint density at radius 3 is 2.13 bits per heavy atom. The summed E-state index contributed by atoms with van der Waals surface area (Å²) in [5.41, 5.74) is 0. The van der Waals surface area contributed by atoms with Crippen LogP contribution in [0, 0.1) is 0 Å². The van der Waals surface area contributed by atoms with Crippen molar-refractivity contribution in [1.29, 1.82) is 0 Å². The summed E-state index contributed by atoms with van der Waals surface area (Å²) in [6.07, 6.45) is 1.39. The standard InChI is InChI=1S/C9H21ClN2O2S/c1-11(2)7-8-12(3)15(13,14)9-5-4-6-10/h4-9H2,1-3H3. The molecule has 0 aliphatic heterocycles. The second kappa shape index (κ2) is 7.44. The van der Waals surface area contributed by atoms with Gasteiger partial charge in [-0.05, 0) is 26.9 Å². The highest BCUT2D eigenvalue weighted by molar-refractivity contribution is 7.89. The molecule has 0 aliphatic carbocycles. The van der Waals surface area contributed by atoms with Gasteiger partial charge < -0.3 is 4.90 Å². The van der Waals surface area contributed by atoms with Crippen molar-refractivity contribution >= 4 is 21.6 Å². The van der Waals surface area contributed by atoms with E-state index in [4.69, 9.17) is 11.6 Å². The average Bonchev–Trinajstić information content (AvgIpc) is 2.14. The minimum atomic E-state index is -3.08. The third-order valence-corrected chi connectivity index (χ3v) is 4.33. The van der Waals surface area contributed by atoms with Crippen molar-refractivity contribution in [3.05, 3.63) is 0 Å². The third kappa shape index (κ3) is 7.11. The molecule has 0 amide bonds. The maximum Gasteiger partial charge on any atom is 0.213 e. The molecule has 0 saturated carbocycles. The summed E-state index contributed by atoms with van der Waals surface area (Å²) < 4.78 is 24.8. The molecule has 0 bridgehead atoms. The van der Waals surface area contributed by atoms with Gasteiger partial charge in [0.1, 0.15) is 0 Å². The van der Waals surface area contributed by atoms with Gasteiger partial charge in [-0.2, -0.15) is 0 Å². The largest absolute Gasteiger partial charge is 0.308 e. The van der Waals surface area contributed by atoms with Crippen LogP contribution in [0.3, 0.4) is 0 Å². The highest BCUT2D eigenvalue weighted by Gasteiger charge is 2.16. The van der Waals surface area contributed by atoms with Crippen molar-refractivity contribution in [1.82, 2.24) is 9.21 Å². The smallest absolute Gasteiger partial charge is 0.213 e. The number of alkyl halides is 1. The van der Waals surface area contributed by atoms with Gasteiger partial charge in [0.05, 0.1) is 5.75 Å². The van der Waals surface area contributed by atoms with Crippen molar-refractivity contribution in [2.45, 2.75) is 12.8 Å². The lowest BCUT2D eigenvalue weighted by Crippen LogP contribution is -2.35. The van der Waals surface area contributed by atoms with Crippen LogP contribution in [0.2, 0.25) is 0 Å². The Balaban J connectivity index is 3.97. The topological polar surface area (TPSA) is 40.6 Å². The molecule has 0 heterocycles. The van der Waals surface area contributed by atoms with Crippen LogP contribution in [-0.2, 0) is 10.0 Å². The van der Waals surface area contributed by atoms with Gasteiger partial charge in [-0.1, -0.05) is 0 Å². The molecule has 0 radical (unpaired) electrons. The van der Waals surface area contributed by atoms with Gasteiger partial charge >= 0.3 is 0 Å². The van der Waals surface area contributed by atoms with Gasteiger partial charge in [-0.3, -0.25) is 0 Å². The normalized spacial score (nSPS) is 12.7. The molecule has 0 aromatic carbocycles. The van der Waals surface area contributed by atoms with E-state index in [0.29, 0.717) is 18.8 Å². The Bertz CT molecular complexity index is 255. The van der Waals surface area contributed by atoms with E-state index < -0.39 is 10.0 Å². The first kappa shape index (κ1) is 15.2. The molecule has 0 aromatic rings. The van der Waals surface area contributed by atoms with Gasteiger partial charge in [-0.15, -0.1) is 11.6 Å². The molecule has 15 heavy (non-hydrogen) atoms. The van der Waals surface area contributed by atoms with Crippen LogP contribution in [-0.4, -0.2) is 63.5 Å². The molecule has 6 heteroatoms. The molecular weight excluding hydrogens is 236 g/mol. The average molecular weight is 257 g/mol. The lowest BCUT2D eigenvalue weighted by atomic mass is 10.4. The molecule has 92 valence electrons. The number of nitrogens with zero attached hydrogens (tertiary/aromatic N) is 2. The van der Waals surface area contributed by atoms with Crippen LogP contribution in [0.25, 0.3) is 0 Å². The molecule has 0 aromatic heterocycles. The molecular formula is C9H21ClN2O2S. The zero-order chi connectivity index (χ0) is 11.9. The second-order valence-corrected chi connectivity index (χ2v) is 6.41. The lowest BCUT2D eigenvalue weighted by molar-refractivity contribution is 0.358. The molecule has 0 unspecified atom stereocenters. The fourth-order valence-corrected chi connectivity index (χ4v) is 2.44. The minimum absolute atomic E-state index is 0.198. The van der Waals surface area contributed by atoms with E-state index in [1.54, 1.807) is 7.05 Å². The lowest BCUT2D eigenvalue weighted by Gasteiger charge is -2.19. The van der Waals surface area contributed by atoms with E-state index in [1.165, 1.54) is 4.31 Å². The number of halogens is 1. The number of rotatable bonds is 8. The summed E-state index contributed by atoms with van der Waals surface area (Å²) in [6.45, 7) is 1.28. The zero-order valence-electron chi connectivity index (χ0n) is 9.74. The van der Waals surface area contributed by atoms with Gasteiger partial charge in [0.15, 0.2) is 0 Å². The molecule has 0 N–H and O–H groups in total. The Morgan fingerprint density at radius 2 is 1.67 bits per heavy atom. The molecule has 0 atom stereocenters. The van der Waals surface area contributed by atoms with Crippen LogP contribution in [0.15, 0.2) is 0 Å². The van der Waals surface area contributed by atoms with E-state index >= 15 is 0 Å². The Kier molecular flexibility index (Phi) is 7.52. The first-order chi connectivity index (χ1) is 6.90. The van der Waals surface area contributed by atoms with E-state index in [2.05, 4.69) is 0 Å². The van der Waals surface area contributed by atoms with Crippen LogP contribution < -0.4 is 0 Å². The monoisotopic (exact) mass is 256 g/mol. The molecule has 0 saturated heterocycles. The van der Waals surface area contributed by atoms with Crippen LogP contribution in [0.5, 0.6) is 0 Å². The number of hydrogen-bond donors (Lipinski definition) is 0. The molecule has 4 nitrogen and oxygen atoms in total. The maximum atomic E-state index is 11.7. The summed E-state index contributed by atoms with van der Waals surface area (Å²) in [6, 6.07) is 0. The SMILES string of the molecule is CN(C)CCN(C)S(=O)(=O)CCCCCl. The predicted octanol–water partition coefficient (Wildman–Crippen LogP) is 0.829. The maximum absolute atomic E-state index is 11.7. The Morgan fingerprint density at radius 1 is 1.07 bits per heavy atom. The number of unbranched alkanes of at least 4 members (excludes halogenated alkanes) is 1. The molecule has 0 spiro atoms. The highest BCUT2D eigenvalue weighted by Crippen LogP contribution is 2.03. The summed E-state index contributed by atoms with van der Waals surface area (Å²) >= 11 is 5.50. The summed E-state index contributed by atoms with van der Waals surface area (Å²) in [5, 5.41) is 0. The Hall–Kier alpha value is 0.160. The van der Waals surface area contributed by atoms with Crippen LogP contribution >= 0.6 is 11.6 Å². The first-order valence-corrected chi connectivity index (χ1v) is 7.19. The van der Waals surface area contributed by atoms with Gasteiger partial charge in [0.2, 0.25) is 10.0 Å². The fraction of sp³-hybridized carbons (Fsp3) is 1.00. The van der Waals surface area contributed by atoms with Crippen molar-refractivity contribution < 1.29 is 8.42 Å². The van der Waals surface area contributed by atoms with Gasteiger partial charge in [0, 0.05) is 26.0 Å². The third-order valence-electron chi connectivity index (χ3n) is 2.12. The van der Waals surface area contributed by atoms with Crippen LogP contribution in [0.4, 0.5) is 0 Å². The van der Waals surface area contributed by atoms with Crippen LogP contribution in [0.1, 0.15) is 12.8 Å². The number of likely N-dealkylation sites (N-methyl/N-ethyl adjacent to an activating group) is 2. The zero-order valence-corrected chi connectivity index (χ0v) is 11.3. The fourth-order valence-electron chi connectivity index (χ4n) is 1.01. The van der Waals surface area contributed by atoms with Gasteiger partial charge in [0.25, 0.3) is 0 Å². The quantitative estimate of drug-likeness (QED) is 0.477. The van der Waals surface area contributed by atoms with Crippen molar-refractivity contribution in [3.63, 3.8) is 0 Å². The summed E-state index contributed by atoms with van der Waals surface area (Å²) in [7, 11) is 2.39. The van der Waals surface area contributed by atoms with E-state index in [0.717, 1.165) is 13.0 Å². The summed E-state index contributed by atoms with van der Waals surface area (Å²) in [5.74, 6) is 0.723. The van der Waals surface area contributed by atoms with E-state index in [9.17, 15) is 8.42 Å². The van der Waals surface area contributed by atoms with Gasteiger partial charge in [-0.25, -0.2) is 12.7 Å². The molecule has 0 fully saturated rings. The number of hydrogen-bond acceptors (Lipinski definition) is 3. The molecule has 0 rings (SSSR count). The molecule has 0 aliphatic rings. The minimum Gasteiger partial charge on any atom is -0.308 e. The van der Waals surface area contributed by atoms with E-state index in [1.807, 2.05) is 19.0 Å². The predicted molar refractivity (Wildman–Crippen MR) is 64.9 cm³/mol. The van der Waals surface area contributed by atoms with Crippen molar-refractivity contribution in [2.24, 2.45) is 0 Å². The summed E-state index contributed by atoms with van der Waals surface area (Å²) in [4.78, 5) is 1.96. The number of sulfonamides is 1. The Labute approximate surface area is 98.2 Å². The van der Waals surface area contributed by atoms with Crippen molar-refractivity contribution in [2.75, 3.05) is 45.9 Å². The van der Waals surface area contributed by atoms with Crippen molar-refractivity contribution in [3.8, 4) is 0 Å².